The SMILES string of the molecule is CCCCN(C(=O)c1ccc(F)c([N+](=O)[O-])c1)C1CC1. The Bertz CT molecular complexity index is 529. The van der Waals surface area contributed by atoms with E-state index in [9.17, 15) is 19.3 Å². The summed E-state index contributed by atoms with van der Waals surface area (Å²) in [5.41, 5.74) is -0.469. The van der Waals surface area contributed by atoms with Crippen LogP contribution in [0.5, 0.6) is 0 Å². The molecule has 1 fully saturated rings. The molecule has 0 saturated heterocycles. The van der Waals surface area contributed by atoms with Gasteiger partial charge in [0.15, 0.2) is 0 Å². The Labute approximate surface area is 116 Å². The predicted octanol–water partition coefficient (Wildman–Crippen LogP) is 3.14. The molecule has 0 atom stereocenters. The zero-order chi connectivity index (χ0) is 14.7. The summed E-state index contributed by atoms with van der Waals surface area (Å²) in [6.07, 6.45) is 3.81. The topological polar surface area (TPSA) is 63.5 Å². The Hall–Kier alpha value is -1.98. The molecule has 0 aliphatic heterocycles. The number of halogens is 1. The summed E-state index contributed by atoms with van der Waals surface area (Å²) in [5.74, 6) is -1.16. The minimum atomic E-state index is -0.918. The van der Waals surface area contributed by atoms with Gasteiger partial charge in [-0.25, -0.2) is 0 Å². The van der Waals surface area contributed by atoms with Crippen LogP contribution in [0.15, 0.2) is 18.2 Å². The first-order valence-electron chi connectivity index (χ1n) is 6.79. The van der Waals surface area contributed by atoms with Gasteiger partial charge in [0.05, 0.1) is 4.92 Å². The summed E-state index contributed by atoms with van der Waals surface area (Å²) in [5, 5.41) is 10.7. The predicted molar refractivity (Wildman–Crippen MR) is 72.0 cm³/mol. The van der Waals surface area contributed by atoms with E-state index in [1.54, 1.807) is 4.90 Å². The van der Waals surface area contributed by atoms with Crippen LogP contribution in [0.1, 0.15) is 43.0 Å². The largest absolute Gasteiger partial charge is 0.336 e. The summed E-state index contributed by atoms with van der Waals surface area (Å²) in [6, 6.07) is 3.56. The third-order valence-electron chi connectivity index (χ3n) is 3.39. The van der Waals surface area contributed by atoms with Gasteiger partial charge < -0.3 is 4.90 Å². The molecule has 1 aliphatic rings. The molecule has 1 aliphatic carbocycles. The highest BCUT2D eigenvalue weighted by atomic mass is 19.1. The highest BCUT2D eigenvalue weighted by molar-refractivity contribution is 5.95. The Kier molecular flexibility index (Phi) is 4.32. The maximum atomic E-state index is 13.3. The number of nitro benzene ring substituents is 1. The smallest absolute Gasteiger partial charge is 0.305 e. The Morgan fingerprint density at radius 2 is 2.20 bits per heavy atom. The lowest BCUT2D eigenvalue weighted by Crippen LogP contribution is -2.34. The van der Waals surface area contributed by atoms with Crippen LogP contribution in [-0.4, -0.2) is 28.3 Å². The van der Waals surface area contributed by atoms with Gasteiger partial charge in [-0.2, -0.15) is 4.39 Å². The molecule has 1 amide bonds. The van der Waals surface area contributed by atoms with E-state index in [2.05, 4.69) is 0 Å². The lowest BCUT2D eigenvalue weighted by Gasteiger charge is -2.22. The molecule has 20 heavy (non-hydrogen) atoms. The number of rotatable bonds is 6. The molecule has 0 N–H and O–H groups in total. The maximum absolute atomic E-state index is 13.3. The number of hydrogen-bond acceptors (Lipinski definition) is 3. The number of hydrogen-bond donors (Lipinski definition) is 0. The van der Waals surface area contributed by atoms with Crippen molar-refractivity contribution >= 4 is 11.6 Å². The second kappa shape index (κ2) is 5.98. The van der Waals surface area contributed by atoms with Gasteiger partial charge in [-0.05, 0) is 31.4 Å². The van der Waals surface area contributed by atoms with E-state index < -0.39 is 16.4 Å². The molecule has 1 aromatic rings. The van der Waals surface area contributed by atoms with E-state index in [0.717, 1.165) is 37.8 Å². The van der Waals surface area contributed by atoms with Crippen molar-refractivity contribution < 1.29 is 14.1 Å². The van der Waals surface area contributed by atoms with Crippen LogP contribution in [-0.2, 0) is 0 Å². The van der Waals surface area contributed by atoms with Gasteiger partial charge in [0, 0.05) is 24.2 Å². The lowest BCUT2D eigenvalue weighted by atomic mass is 10.1. The molecule has 0 aromatic heterocycles. The fraction of sp³-hybridized carbons (Fsp3) is 0.500. The normalized spacial score (nSPS) is 14.1. The Morgan fingerprint density at radius 1 is 1.50 bits per heavy atom. The number of carbonyl (C=O) groups is 1. The van der Waals surface area contributed by atoms with Crippen LogP contribution < -0.4 is 0 Å². The van der Waals surface area contributed by atoms with Crippen LogP contribution in [0.3, 0.4) is 0 Å². The first kappa shape index (κ1) is 14.4. The summed E-state index contributed by atoms with van der Waals surface area (Å²) >= 11 is 0. The quantitative estimate of drug-likeness (QED) is 0.594. The lowest BCUT2D eigenvalue weighted by molar-refractivity contribution is -0.387. The van der Waals surface area contributed by atoms with Gasteiger partial charge in [0.1, 0.15) is 0 Å². The van der Waals surface area contributed by atoms with Crippen LogP contribution in [0.4, 0.5) is 10.1 Å². The van der Waals surface area contributed by atoms with Crippen molar-refractivity contribution in [3.63, 3.8) is 0 Å². The van der Waals surface area contributed by atoms with Gasteiger partial charge in [-0.1, -0.05) is 13.3 Å². The summed E-state index contributed by atoms with van der Waals surface area (Å²) in [4.78, 5) is 24.1. The van der Waals surface area contributed by atoms with E-state index in [4.69, 9.17) is 0 Å². The monoisotopic (exact) mass is 280 g/mol. The van der Waals surface area contributed by atoms with E-state index in [1.807, 2.05) is 6.92 Å². The molecule has 2 rings (SSSR count). The molecule has 0 spiro atoms. The van der Waals surface area contributed by atoms with Gasteiger partial charge >= 0.3 is 5.69 Å². The third kappa shape index (κ3) is 3.12. The average Bonchev–Trinajstić information content (AvgIpc) is 3.23. The molecular weight excluding hydrogens is 263 g/mol. The van der Waals surface area contributed by atoms with Crippen LogP contribution >= 0.6 is 0 Å². The standard InChI is InChI=1S/C14H17FN2O3/c1-2-3-8-16(11-5-6-11)14(18)10-4-7-12(15)13(9-10)17(19)20/h4,7,9,11H,2-3,5-6,8H2,1H3. The van der Waals surface area contributed by atoms with Crippen molar-refractivity contribution in [3.05, 3.63) is 39.7 Å². The van der Waals surface area contributed by atoms with E-state index in [0.29, 0.717) is 6.54 Å². The number of carbonyl (C=O) groups excluding carboxylic acids is 1. The highest BCUT2D eigenvalue weighted by Gasteiger charge is 2.33. The van der Waals surface area contributed by atoms with E-state index >= 15 is 0 Å². The molecule has 1 aromatic carbocycles. The van der Waals surface area contributed by atoms with Crippen molar-refractivity contribution in [1.82, 2.24) is 4.90 Å². The Balaban J connectivity index is 2.22. The van der Waals surface area contributed by atoms with E-state index in [-0.39, 0.29) is 17.5 Å². The van der Waals surface area contributed by atoms with E-state index in [1.165, 1.54) is 6.07 Å². The molecule has 5 nitrogen and oxygen atoms in total. The number of nitro groups is 1. The van der Waals surface area contributed by atoms with Crippen LogP contribution in [0.2, 0.25) is 0 Å². The number of amides is 1. The maximum Gasteiger partial charge on any atom is 0.305 e. The average molecular weight is 280 g/mol. The van der Waals surface area contributed by atoms with Crippen molar-refractivity contribution in [2.45, 2.75) is 38.6 Å². The summed E-state index contributed by atoms with van der Waals surface area (Å²) < 4.78 is 13.3. The third-order valence-corrected chi connectivity index (χ3v) is 3.39. The molecule has 6 heteroatoms. The van der Waals surface area contributed by atoms with Crippen molar-refractivity contribution in [2.75, 3.05) is 6.54 Å². The number of unbranched alkanes of at least 4 members (excludes halogenated alkanes) is 1. The molecule has 0 bridgehead atoms. The Morgan fingerprint density at radius 3 is 2.75 bits per heavy atom. The fourth-order valence-electron chi connectivity index (χ4n) is 2.12. The zero-order valence-electron chi connectivity index (χ0n) is 11.3. The van der Waals surface area contributed by atoms with Crippen molar-refractivity contribution in [1.29, 1.82) is 0 Å². The molecule has 1 saturated carbocycles. The molecule has 0 radical (unpaired) electrons. The first-order valence-corrected chi connectivity index (χ1v) is 6.79. The summed E-state index contributed by atoms with van der Waals surface area (Å²) in [6.45, 7) is 2.68. The van der Waals surface area contributed by atoms with Crippen LogP contribution in [0.25, 0.3) is 0 Å². The number of benzene rings is 1. The molecule has 108 valence electrons. The molecule has 0 unspecified atom stereocenters. The second-order valence-electron chi connectivity index (χ2n) is 5.01. The van der Waals surface area contributed by atoms with Crippen molar-refractivity contribution in [2.24, 2.45) is 0 Å². The highest BCUT2D eigenvalue weighted by Crippen LogP contribution is 2.29. The van der Waals surface area contributed by atoms with Gasteiger partial charge in [0.25, 0.3) is 5.91 Å². The van der Waals surface area contributed by atoms with Gasteiger partial charge in [-0.15, -0.1) is 0 Å². The zero-order valence-corrected chi connectivity index (χ0v) is 11.3. The first-order chi connectivity index (χ1) is 9.54. The van der Waals surface area contributed by atoms with Crippen LogP contribution in [0, 0.1) is 15.9 Å². The van der Waals surface area contributed by atoms with Gasteiger partial charge in [-0.3, -0.25) is 14.9 Å². The molecular formula is C14H17FN2O3. The minimum absolute atomic E-state index is 0.182. The van der Waals surface area contributed by atoms with Gasteiger partial charge in [0.2, 0.25) is 5.82 Å². The number of nitrogens with zero attached hydrogens (tertiary/aromatic N) is 2. The molecule has 0 heterocycles. The summed E-state index contributed by atoms with van der Waals surface area (Å²) in [7, 11) is 0. The van der Waals surface area contributed by atoms with Crippen molar-refractivity contribution in [3.8, 4) is 0 Å². The fourth-order valence-corrected chi connectivity index (χ4v) is 2.12. The second-order valence-corrected chi connectivity index (χ2v) is 5.01. The minimum Gasteiger partial charge on any atom is -0.336 e.